The van der Waals surface area contributed by atoms with Gasteiger partial charge in [0.1, 0.15) is 33.5 Å². The number of rotatable bonds is 5. The normalized spacial score (nSPS) is 11.9. The van der Waals surface area contributed by atoms with Gasteiger partial charge in [0.05, 0.1) is 0 Å². The van der Waals surface area contributed by atoms with Crippen LogP contribution in [-0.2, 0) is 0 Å². The fraction of sp³-hybridized carbons (Fsp3) is 0. The molecular weight excluding hydrogens is 687 g/mol. The zero-order valence-electron chi connectivity index (χ0n) is 30.1. The second-order valence-corrected chi connectivity index (χ2v) is 14.4. The molecule has 12 rings (SSSR count). The topological polar surface area (TPSA) is 42.7 Å². The lowest BCUT2D eigenvalue weighted by atomic mass is 9.93. The average molecular weight is 718 g/mol. The van der Waals surface area contributed by atoms with Gasteiger partial charge in [0.25, 0.3) is 0 Å². The maximum absolute atomic E-state index is 6.94. The van der Waals surface area contributed by atoms with Gasteiger partial charge < -0.3 is 18.2 Å². The first-order valence-electron chi connectivity index (χ1n) is 18.9. The van der Waals surface area contributed by atoms with Crippen LogP contribution in [0.1, 0.15) is 0 Å². The molecule has 4 nitrogen and oxygen atoms in total. The third-order valence-electron chi connectivity index (χ3n) is 11.3. The Morgan fingerprint density at radius 1 is 0.286 bits per heavy atom. The van der Waals surface area contributed by atoms with Crippen molar-refractivity contribution in [3.05, 3.63) is 188 Å². The minimum atomic E-state index is 0.825. The van der Waals surface area contributed by atoms with Crippen molar-refractivity contribution in [2.45, 2.75) is 0 Å². The Morgan fingerprint density at radius 2 is 0.804 bits per heavy atom. The molecule has 0 aliphatic carbocycles. The van der Waals surface area contributed by atoms with Gasteiger partial charge in [0.15, 0.2) is 0 Å². The second-order valence-electron chi connectivity index (χ2n) is 14.4. The summed E-state index contributed by atoms with van der Waals surface area (Å²) in [4.78, 5) is 2.29. The summed E-state index contributed by atoms with van der Waals surface area (Å²) in [5.41, 5.74) is 12.4. The number of para-hydroxylation sites is 4. The SMILES string of the molecule is c1ccc(N(c2ccc3ccccc3c2)c2ccc3c(c2)oc2c(-c4cccc5oc6cccc(-c7cccc8c7oc7ccccc78)c6c45)cccc23)cc1. The van der Waals surface area contributed by atoms with Crippen LogP contribution in [0.3, 0.4) is 0 Å². The Bertz CT molecular complexity index is 3500. The number of furan rings is 3. The predicted octanol–water partition coefficient (Wildman–Crippen LogP) is 15.3. The lowest BCUT2D eigenvalue weighted by Gasteiger charge is -2.25. The van der Waals surface area contributed by atoms with E-state index in [2.05, 4.69) is 181 Å². The van der Waals surface area contributed by atoms with E-state index in [9.17, 15) is 0 Å². The van der Waals surface area contributed by atoms with Crippen molar-refractivity contribution < 1.29 is 13.3 Å². The minimum absolute atomic E-state index is 0.825. The van der Waals surface area contributed by atoms with E-state index < -0.39 is 0 Å². The Hall–Kier alpha value is -7.56. The van der Waals surface area contributed by atoms with Gasteiger partial charge in [0.2, 0.25) is 0 Å². The van der Waals surface area contributed by atoms with Gasteiger partial charge in [-0.1, -0.05) is 127 Å². The first-order chi connectivity index (χ1) is 27.8. The van der Waals surface area contributed by atoms with E-state index in [0.717, 1.165) is 105 Å². The van der Waals surface area contributed by atoms with Crippen molar-refractivity contribution in [2.24, 2.45) is 0 Å². The van der Waals surface area contributed by atoms with E-state index in [-0.39, 0.29) is 0 Å². The summed E-state index contributed by atoms with van der Waals surface area (Å²) in [6, 6.07) is 65.9. The molecule has 3 aromatic heterocycles. The molecule has 4 heteroatoms. The van der Waals surface area contributed by atoms with Crippen molar-refractivity contribution in [1.29, 1.82) is 0 Å². The Labute approximate surface area is 321 Å². The van der Waals surface area contributed by atoms with Gasteiger partial charge >= 0.3 is 0 Å². The largest absolute Gasteiger partial charge is 0.456 e. The Kier molecular flexibility index (Phi) is 6.60. The molecule has 0 fully saturated rings. The molecule has 9 aromatic carbocycles. The fourth-order valence-electron chi connectivity index (χ4n) is 8.75. The maximum Gasteiger partial charge on any atom is 0.143 e. The summed E-state index contributed by atoms with van der Waals surface area (Å²) < 4.78 is 20.1. The van der Waals surface area contributed by atoms with Crippen LogP contribution in [0.2, 0.25) is 0 Å². The molecule has 0 bridgehead atoms. The van der Waals surface area contributed by atoms with Crippen LogP contribution in [0.5, 0.6) is 0 Å². The highest BCUT2D eigenvalue weighted by atomic mass is 16.3. The predicted molar refractivity (Wildman–Crippen MR) is 231 cm³/mol. The van der Waals surface area contributed by atoms with E-state index in [4.69, 9.17) is 13.3 Å². The molecule has 0 unspecified atom stereocenters. The summed E-state index contributed by atoms with van der Waals surface area (Å²) in [5, 5.41) is 8.85. The molecule has 12 aromatic rings. The summed E-state index contributed by atoms with van der Waals surface area (Å²) >= 11 is 0. The summed E-state index contributed by atoms with van der Waals surface area (Å²) in [6.45, 7) is 0. The van der Waals surface area contributed by atoms with Crippen molar-refractivity contribution in [1.82, 2.24) is 0 Å². The molecule has 0 spiro atoms. The molecule has 0 N–H and O–H groups in total. The van der Waals surface area contributed by atoms with Crippen LogP contribution in [0.4, 0.5) is 17.1 Å². The fourth-order valence-corrected chi connectivity index (χ4v) is 8.75. The van der Waals surface area contributed by atoms with Gasteiger partial charge in [-0.2, -0.15) is 0 Å². The first kappa shape index (κ1) is 30.9. The van der Waals surface area contributed by atoms with Gasteiger partial charge in [0, 0.05) is 66.6 Å². The van der Waals surface area contributed by atoms with Crippen LogP contribution >= 0.6 is 0 Å². The molecule has 56 heavy (non-hydrogen) atoms. The van der Waals surface area contributed by atoms with Crippen molar-refractivity contribution in [3.8, 4) is 22.3 Å². The summed E-state index contributed by atoms with van der Waals surface area (Å²) in [6.07, 6.45) is 0. The second kappa shape index (κ2) is 12.0. The third kappa shape index (κ3) is 4.60. The molecule has 3 heterocycles. The third-order valence-corrected chi connectivity index (χ3v) is 11.3. The first-order valence-corrected chi connectivity index (χ1v) is 18.9. The lowest BCUT2D eigenvalue weighted by molar-refractivity contribution is 0.668. The number of hydrogen-bond acceptors (Lipinski definition) is 4. The van der Waals surface area contributed by atoms with Crippen molar-refractivity contribution >= 4 is 93.7 Å². The summed E-state index contributed by atoms with van der Waals surface area (Å²) in [5.74, 6) is 0. The standard InChI is InChI=1S/C52H31NO3/c1-2-14-34(15-3-1)53(35-27-26-32-12-4-5-13-33(32)30-35)36-28-29-38-42-20-9-22-44(52(42)56-48(38)31-36)40-18-11-25-47-50(40)49-39(17-10-24-46(49)54-47)43-21-8-19-41-37-16-6-7-23-45(37)55-51(41)43/h1-31H. The van der Waals surface area contributed by atoms with Gasteiger partial charge in [-0.15, -0.1) is 0 Å². The number of fused-ring (bicyclic) bond motifs is 10. The van der Waals surface area contributed by atoms with E-state index >= 15 is 0 Å². The number of benzene rings is 9. The number of hydrogen-bond donors (Lipinski definition) is 0. The van der Waals surface area contributed by atoms with E-state index in [1.165, 1.54) is 10.8 Å². The molecule has 0 saturated carbocycles. The molecule has 262 valence electrons. The highest BCUT2D eigenvalue weighted by Crippen LogP contribution is 2.47. The molecule has 0 atom stereocenters. The highest BCUT2D eigenvalue weighted by Gasteiger charge is 2.22. The zero-order valence-corrected chi connectivity index (χ0v) is 30.1. The van der Waals surface area contributed by atoms with Crippen molar-refractivity contribution in [2.75, 3.05) is 4.90 Å². The molecule has 0 aliphatic heterocycles. The van der Waals surface area contributed by atoms with Crippen LogP contribution in [0.25, 0.3) is 98.8 Å². The van der Waals surface area contributed by atoms with E-state index in [0.29, 0.717) is 0 Å². The molecular formula is C52H31NO3. The van der Waals surface area contributed by atoms with Crippen LogP contribution in [0.15, 0.2) is 201 Å². The van der Waals surface area contributed by atoms with Crippen LogP contribution in [0, 0.1) is 0 Å². The highest BCUT2D eigenvalue weighted by molar-refractivity contribution is 6.22. The minimum Gasteiger partial charge on any atom is -0.456 e. The van der Waals surface area contributed by atoms with Crippen molar-refractivity contribution in [3.63, 3.8) is 0 Å². The number of anilines is 3. The van der Waals surface area contributed by atoms with Gasteiger partial charge in [-0.05, 0) is 76.5 Å². The average Bonchev–Trinajstić information content (AvgIpc) is 3.95. The Balaban J connectivity index is 1.06. The van der Waals surface area contributed by atoms with Gasteiger partial charge in [-0.25, -0.2) is 0 Å². The van der Waals surface area contributed by atoms with E-state index in [1.54, 1.807) is 0 Å². The monoisotopic (exact) mass is 717 g/mol. The van der Waals surface area contributed by atoms with E-state index in [1.807, 2.05) is 12.1 Å². The lowest BCUT2D eigenvalue weighted by Crippen LogP contribution is -2.09. The maximum atomic E-state index is 6.94. The zero-order chi connectivity index (χ0) is 36.7. The molecule has 0 aliphatic rings. The van der Waals surface area contributed by atoms with Crippen LogP contribution < -0.4 is 4.90 Å². The molecule has 0 radical (unpaired) electrons. The Morgan fingerprint density at radius 3 is 1.54 bits per heavy atom. The number of nitrogens with zero attached hydrogens (tertiary/aromatic N) is 1. The van der Waals surface area contributed by atoms with Crippen LogP contribution in [-0.4, -0.2) is 0 Å². The smallest absolute Gasteiger partial charge is 0.143 e. The molecule has 0 amide bonds. The summed E-state index contributed by atoms with van der Waals surface area (Å²) in [7, 11) is 0. The molecule has 0 saturated heterocycles. The quantitative estimate of drug-likeness (QED) is 0.178. The van der Waals surface area contributed by atoms with Gasteiger partial charge in [-0.3, -0.25) is 0 Å².